The molecule has 47 heavy (non-hydrogen) atoms. The number of likely N-dealkylation sites (tertiary alicyclic amines) is 1. The molecule has 0 unspecified atom stereocenters. The van der Waals surface area contributed by atoms with Crippen LogP contribution < -0.4 is 4.90 Å². The number of piperidine rings is 1. The van der Waals surface area contributed by atoms with Gasteiger partial charge < -0.3 is 14.7 Å². The van der Waals surface area contributed by atoms with Crippen LogP contribution in [0, 0.1) is 5.82 Å². The van der Waals surface area contributed by atoms with Gasteiger partial charge in [-0.05, 0) is 86.0 Å². The Bertz CT molecular complexity index is 1950. The Morgan fingerprint density at radius 2 is 1.83 bits per heavy atom. The minimum Gasteiger partial charge on any atom is -0.444 e. The first kappa shape index (κ1) is 31.8. The second-order valence-corrected chi connectivity index (χ2v) is 12.8. The number of carbonyl (C=O) groups excluding carboxylic acids is 2. The van der Waals surface area contributed by atoms with Crippen molar-refractivity contribution in [2.75, 3.05) is 18.0 Å². The largest absolute Gasteiger partial charge is 0.444 e. The molecule has 0 radical (unpaired) electrons. The molecule has 1 fully saturated rings. The van der Waals surface area contributed by atoms with E-state index in [1.54, 1.807) is 30.4 Å². The summed E-state index contributed by atoms with van der Waals surface area (Å²) in [6, 6.07) is 19.3. The molecule has 1 aliphatic rings. The number of benzene rings is 3. The highest BCUT2D eigenvalue weighted by atomic mass is 19.1. The molecule has 0 spiro atoms. The summed E-state index contributed by atoms with van der Waals surface area (Å²) in [6.07, 6.45) is 4.04. The highest BCUT2D eigenvalue weighted by Gasteiger charge is 2.36. The predicted molar refractivity (Wildman–Crippen MR) is 177 cm³/mol. The number of rotatable bonds is 6. The Morgan fingerprint density at radius 1 is 1.04 bits per heavy atom. The van der Waals surface area contributed by atoms with Crippen LogP contribution in [-0.4, -0.2) is 66.7 Å². The van der Waals surface area contributed by atoms with E-state index < -0.39 is 29.5 Å². The summed E-state index contributed by atoms with van der Waals surface area (Å²) < 4.78 is 23.0. The summed E-state index contributed by atoms with van der Waals surface area (Å²) in [6.45, 7) is 6.04. The first-order valence-corrected chi connectivity index (χ1v) is 15.6. The van der Waals surface area contributed by atoms with Crippen molar-refractivity contribution in [1.29, 1.82) is 0 Å². The number of amides is 2. The molecule has 2 aromatic heterocycles. The molecule has 1 atom stereocenters. The van der Waals surface area contributed by atoms with Crippen LogP contribution in [0.4, 0.5) is 15.0 Å². The fourth-order valence-electron chi connectivity index (χ4n) is 5.93. The van der Waals surface area contributed by atoms with E-state index in [-0.39, 0.29) is 18.7 Å². The van der Waals surface area contributed by atoms with Gasteiger partial charge in [-0.15, -0.1) is 5.10 Å². The van der Waals surface area contributed by atoms with Gasteiger partial charge in [-0.2, -0.15) is 0 Å². The van der Waals surface area contributed by atoms with Crippen molar-refractivity contribution >= 4 is 28.6 Å². The van der Waals surface area contributed by atoms with E-state index >= 15 is 4.39 Å². The Labute approximate surface area is 272 Å². The molecular formula is C36H37FN6O4. The topological polar surface area (TPSA) is 114 Å². The number of fused-ring (bicyclic) bond motifs is 1. The van der Waals surface area contributed by atoms with Gasteiger partial charge in [-0.3, -0.25) is 14.4 Å². The third-order valence-electron chi connectivity index (χ3n) is 8.14. The Hall–Kier alpha value is -5.16. The van der Waals surface area contributed by atoms with Crippen molar-refractivity contribution in [2.45, 2.75) is 51.9 Å². The third kappa shape index (κ3) is 6.85. The van der Waals surface area contributed by atoms with Crippen LogP contribution >= 0.6 is 0 Å². The SMILES string of the molecule is Cn1cc(-c2ccc(C(=O)N(c3nccc4cc(-c5cccc(CO)c5)ccc34)[C@@H]3CCCN(C(=O)OC(C)(C)C)C3)c(F)c2)nn1. The number of aliphatic hydroxyl groups excluding tert-OH is 1. The van der Waals surface area contributed by atoms with Crippen LogP contribution in [-0.2, 0) is 18.4 Å². The highest BCUT2D eigenvalue weighted by Crippen LogP contribution is 2.34. The maximum absolute atomic E-state index is 15.8. The third-order valence-corrected chi connectivity index (χ3v) is 8.14. The van der Waals surface area contributed by atoms with Gasteiger partial charge in [0.15, 0.2) is 0 Å². The molecule has 3 aromatic carbocycles. The van der Waals surface area contributed by atoms with Crippen molar-refractivity contribution in [1.82, 2.24) is 24.9 Å². The van der Waals surface area contributed by atoms with Crippen molar-refractivity contribution in [2.24, 2.45) is 7.05 Å². The van der Waals surface area contributed by atoms with Gasteiger partial charge in [0.1, 0.15) is 22.9 Å². The first-order chi connectivity index (χ1) is 22.5. The fraction of sp³-hybridized carbons (Fsp3) is 0.306. The van der Waals surface area contributed by atoms with Gasteiger partial charge in [0.05, 0.1) is 24.4 Å². The van der Waals surface area contributed by atoms with Crippen LogP contribution in [0.1, 0.15) is 49.5 Å². The molecule has 242 valence electrons. The standard InChI is InChI=1S/C36H37FN6O4/c1-36(2,3)47-35(46)42-16-6-9-28(20-42)43(34(45)30-13-11-27(19-31(30)37)32-21-41(4)40-39-32)33-29-12-10-25(18-26(29)14-15-38-33)24-8-5-7-23(17-24)22-44/h5,7-8,10-15,17-19,21,28,44H,6,9,16,20,22H2,1-4H3/t28-/m1/s1. The van der Waals surface area contributed by atoms with E-state index in [2.05, 4.69) is 15.3 Å². The molecule has 1 N–H and O–H groups in total. The van der Waals surface area contributed by atoms with Crippen LogP contribution in [0.2, 0.25) is 0 Å². The molecule has 0 aliphatic carbocycles. The molecule has 0 saturated carbocycles. The lowest BCUT2D eigenvalue weighted by Gasteiger charge is -2.39. The van der Waals surface area contributed by atoms with Gasteiger partial charge in [0.2, 0.25) is 0 Å². The maximum atomic E-state index is 15.8. The van der Waals surface area contributed by atoms with Crippen LogP contribution in [0.15, 0.2) is 79.1 Å². The monoisotopic (exact) mass is 636 g/mol. The summed E-state index contributed by atoms with van der Waals surface area (Å²) in [5.74, 6) is -0.894. The van der Waals surface area contributed by atoms with E-state index in [1.165, 1.54) is 21.7 Å². The van der Waals surface area contributed by atoms with Crippen molar-refractivity contribution in [3.63, 3.8) is 0 Å². The number of hydrogen-bond donors (Lipinski definition) is 1. The van der Waals surface area contributed by atoms with Crippen LogP contribution in [0.25, 0.3) is 33.2 Å². The van der Waals surface area contributed by atoms with Gasteiger partial charge in [0.25, 0.3) is 5.91 Å². The van der Waals surface area contributed by atoms with Crippen molar-refractivity contribution in [3.05, 3.63) is 96.1 Å². The average molecular weight is 637 g/mol. The van der Waals surface area contributed by atoms with E-state index in [0.717, 1.165) is 22.1 Å². The average Bonchev–Trinajstić information content (AvgIpc) is 3.50. The van der Waals surface area contributed by atoms with E-state index in [4.69, 9.17) is 4.74 Å². The summed E-state index contributed by atoms with van der Waals surface area (Å²) in [7, 11) is 1.72. The molecular weight excluding hydrogens is 599 g/mol. The quantitative estimate of drug-likeness (QED) is 0.230. The second-order valence-electron chi connectivity index (χ2n) is 12.8. The molecule has 3 heterocycles. The second kappa shape index (κ2) is 12.9. The van der Waals surface area contributed by atoms with E-state index in [1.807, 2.05) is 69.3 Å². The molecule has 6 rings (SSSR count). The van der Waals surface area contributed by atoms with Crippen LogP contribution in [0.5, 0.6) is 0 Å². The lowest BCUT2D eigenvalue weighted by Crippen LogP contribution is -2.53. The number of carbonyl (C=O) groups is 2. The number of nitrogens with zero attached hydrogens (tertiary/aromatic N) is 6. The lowest BCUT2D eigenvalue weighted by atomic mass is 9.98. The van der Waals surface area contributed by atoms with Crippen molar-refractivity contribution in [3.8, 4) is 22.4 Å². The number of aliphatic hydroxyl groups is 1. The zero-order valence-electron chi connectivity index (χ0n) is 26.9. The number of halogens is 1. The van der Waals surface area contributed by atoms with Gasteiger partial charge in [-0.25, -0.2) is 14.2 Å². The zero-order valence-corrected chi connectivity index (χ0v) is 26.9. The Balaban J connectivity index is 1.42. The van der Waals surface area contributed by atoms with E-state index in [0.29, 0.717) is 41.8 Å². The minimum absolute atomic E-state index is 0.0649. The van der Waals surface area contributed by atoms with Gasteiger partial charge in [-0.1, -0.05) is 41.6 Å². The van der Waals surface area contributed by atoms with Crippen LogP contribution in [0.3, 0.4) is 0 Å². The number of ether oxygens (including phenoxy) is 1. The van der Waals surface area contributed by atoms with E-state index in [9.17, 15) is 14.7 Å². The Kier molecular flexibility index (Phi) is 8.74. The molecule has 0 bridgehead atoms. The summed E-state index contributed by atoms with van der Waals surface area (Å²) in [4.78, 5) is 35.4. The molecule has 11 heteroatoms. The summed E-state index contributed by atoms with van der Waals surface area (Å²) >= 11 is 0. The lowest BCUT2D eigenvalue weighted by molar-refractivity contribution is 0.0196. The predicted octanol–water partition coefficient (Wildman–Crippen LogP) is 6.38. The molecule has 1 saturated heterocycles. The minimum atomic E-state index is -0.700. The number of aromatic nitrogens is 4. The molecule has 10 nitrogen and oxygen atoms in total. The fourth-order valence-corrected chi connectivity index (χ4v) is 5.93. The van der Waals surface area contributed by atoms with Gasteiger partial charge in [0, 0.05) is 37.3 Å². The van der Waals surface area contributed by atoms with Crippen molar-refractivity contribution < 1.29 is 23.8 Å². The molecule has 1 aliphatic heterocycles. The number of anilines is 1. The number of pyridine rings is 1. The highest BCUT2D eigenvalue weighted by molar-refractivity contribution is 6.11. The number of hydrogen-bond acceptors (Lipinski definition) is 7. The Morgan fingerprint density at radius 3 is 2.55 bits per heavy atom. The molecule has 5 aromatic rings. The zero-order chi connectivity index (χ0) is 33.3. The maximum Gasteiger partial charge on any atom is 0.410 e. The first-order valence-electron chi connectivity index (χ1n) is 15.6. The summed E-state index contributed by atoms with van der Waals surface area (Å²) in [5, 5.41) is 19.2. The molecule has 2 amide bonds. The smallest absolute Gasteiger partial charge is 0.410 e. The number of aryl methyl sites for hydroxylation is 1. The van der Waals surface area contributed by atoms with Gasteiger partial charge >= 0.3 is 6.09 Å². The summed E-state index contributed by atoms with van der Waals surface area (Å²) in [5.41, 5.74) is 2.85. The normalized spacial score (nSPS) is 15.1.